The van der Waals surface area contributed by atoms with E-state index in [-0.39, 0.29) is 11.5 Å². The van der Waals surface area contributed by atoms with Crippen molar-refractivity contribution in [3.63, 3.8) is 0 Å². The highest BCUT2D eigenvalue weighted by Gasteiger charge is 2.42. The zero-order chi connectivity index (χ0) is 18.3. The van der Waals surface area contributed by atoms with Crippen LogP contribution in [-0.4, -0.2) is 31.2 Å². The zero-order valence-electron chi connectivity index (χ0n) is 13.9. The average molecular weight is 345 g/mol. The number of hydrogen-bond donors (Lipinski definition) is 1. The lowest BCUT2D eigenvalue weighted by Crippen LogP contribution is -2.43. The second-order valence-electron chi connectivity index (χ2n) is 5.98. The number of carbonyl (C=O) groups is 2. The van der Waals surface area contributed by atoms with Gasteiger partial charge in [-0.15, -0.1) is 0 Å². The summed E-state index contributed by atoms with van der Waals surface area (Å²) in [5, 5.41) is 2.36. The highest BCUT2D eigenvalue weighted by molar-refractivity contribution is 5.84. The Bertz CT molecular complexity index is 544. The smallest absolute Gasteiger partial charge is 0.396 e. The van der Waals surface area contributed by atoms with E-state index in [1.165, 1.54) is 31.4 Å². The summed E-state index contributed by atoms with van der Waals surface area (Å²) < 4.78 is 44.4. The molecule has 0 bridgehead atoms. The molecule has 0 aliphatic rings. The summed E-state index contributed by atoms with van der Waals surface area (Å²) in [6.45, 7) is 3.68. The first-order chi connectivity index (χ1) is 11.1. The van der Waals surface area contributed by atoms with Crippen LogP contribution in [0.4, 0.5) is 13.2 Å². The Balaban J connectivity index is 2.86. The Morgan fingerprint density at radius 2 is 1.75 bits per heavy atom. The third-order valence-corrected chi connectivity index (χ3v) is 3.51. The van der Waals surface area contributed by atoms with Gasteiger partial charge < -0.3 is 10.1 Å². The van der Waals surface area contributed by atoms with Crippen molar-refractivity contribution in [2.24, 2.45) is 5.92 Å². The number of esters is 1. The van der Waals surface area contributed by atoms with Gasteiger partial charge in [-0.1, -0.05) is 44.2 Å². The summed E-state index contributed by atoms with van der Waals surface area (Å²) >= 11 is 0. The molecule has 0 heterocycles. The van der Waals surface area contributed by atoms with Crippen molar-refractivity contribution in [3.05, 3.63) is 35.9 Å². The van der Waals surface area contributed by atoms with Crippen LogP contribution in [0.15, 0.2) is 30.3 Å². The van der Waals surface area contributed by atoms with Gasteiger partial charge in [0.2, 0.25) is 5.91 Å². The number of methoxy groups -OCH3 is 1. The normalized spacial score (nSPS) is 14.1. The van der Waals surface area contributed by atoms with Crippen LogP contribution < -0.4 is 5.32 Å². The van der Waals surface area contributed by atoms with Gasteiger partial charge >= 0.3 is 12.1 Å². The molecule has 0 saturated carbocycles. The van der Waals surface area contributed by atoms with Gasteiger partial charge in [0.1, 0.15) is 6.04 Å². The van der Waals surface area contributed by atoms with Gasteiger partial charge in [-0.25, -0.2) is 4.79 Å². The Labute approximate surface area is 139 Å². The number of benzene rings is 1. The fourth-order valence-electron chi connectivity index (χ4n) is 2.37. The summed E-state index contributed by atoms with van der Waals surface area (Å²) in [5.74, 6) is -3.35. The molecule has 0 saturated heterocycles. The first-order valence-electron chi connectivity index (χ1n) is 7.64. The number of nitrogens with one attached hydrogen (secondary N) is 1. The summed E-state index contributed by atoms with van der Waals surface area (Å²) in [6.07, 6.45) is -5.04. The quantitative estimate of drug-likeness (QED) is 0.771. The number of halogens is 3. The molecule has 2 unspecified atom stereocenters. The predicted octanol–water partition coefficient (Wildman–Crippen LogP) is 3.43. The monoisotopic (exact) mass is 345 g/mol. The van der Waals surface area contributed by atoms with Crippen molar-refractivity contribution < 1.29 is 27.5 Å². The zero-order valence-corrected chi connectivity index (χ0v) is 13.9. The molecule has 0 spiro atoms. The predicted molar refractivity (Wildman–Crippen MR) is 83.3 cm³/mol. The molecule has 0 radical (unpaired) electrons. The second kappa shape index (κ2) is 8.70. The van der Waals surface area contributed by atoms with Crippen LogP contribution in [0.2, 0.25) is 0 Å². The lowest BCUT2D eigenvalue weighted by molar-refractivity contribution is -0.158. The van der Waals surface area contributed by atoms with Crippen LogP contribution in [0.1, 0.15) is 38.2 Å². The largest absolute Gasteiger partial charge is 0.467 e. The lowest BCUT2D eigenvalue weighted by atomic mass is 9.94. The Hall–Kier alpha value is -2.05. The Kier molecular flexibility index (Phi) is 7.25. The molecule has 24 heavy (non-hydrogen) atoms. The van der Waals surface area contributed by atoms with E-state index in [2.05, 4.69) is 10.1 Å². The Morgan fingerprint density at radius 1 is 1.17 bits per heavy atom. The maximum Gasteiger partial charge on any atom is 0.396 e. The summed E-state index contributed by atoms with van der Waals surface area (Å²) in [7, 11) is 1.17. The fraction of sp³-hybridized carbons (Fsp3) is 0.529. The molecular formula is C17H22F3NO3. The molecule has 0 aliphatic heterocycles. The molecule has 134 valence electrons. The molecule has 1 N–H and O–H groups in total. The van der Waals surface area contributed by atoms with Gasteiger partial charge in [-0.3, -0.25) is 4.79 Å². The summed E-state index contributed by atoms with van der Waals surface area (Å²) in [6, 6.07) is 6.29. The first-order valence-corrected chi connectivity index (χ1v) is 7.64. The molecule has 0 aromatic heterocycles. The van der Waals surface area contributed by atoms with Crippen molar-refractivity contribution in [3.8, 4) is 0 Å². The van der Waals surface area contributed by atoms with Gasteiger partial charge in [-0.05, 0) is 17.9 Å². The molecule has 2 atom stereocenters. The number of amides is 1. The van der Waals surface area contributed by atoms with Crippen molar-refractivity contribution in [1.82, 2.24) is 5.32 Å². The van der Waals surface area contributed by atoms with Crippen LogP contribution in [0, 0.1) is 5.92 Å². The molecule has 4 nitrogen and oxygen atoms in total. The molecule has 1 aromatic carbocycles. The van der Waals surface area contributed by atoms with E-state index in [9.17, 15) is 22.8 Å². The SMILES string of the molecule is COC(=O)C(CC(C)C)NC(=O)CC(c1ccccc1)C(F)(F)F. The molecule has 1 rings (SSSR count). The van der Waals surface area contributed by atoms with E-state index in [0.29, 0.717) is 6.42 Å². The van der Waals surface area contributed by atoms with E-state index in [0.717, 1.165) is 0 Å². The number of hydrogen-bond acceptors (Lipinski definition) is 3. The summed E-state index contributed by atoms with van der Waals surface area (Å²) in [5.41, 5.74) is 0.0126. The van der Waals surface area contributed by atoms with E-state index in [4.69, 9.17) is 0 Å². The highest BCUT2D eigenvalue weighted by Crippen LogP contribution is 2.37. The second-order valence-corrected chi connectivity index (χ2v) is 5.98. The fourth-order valence-corrected chi connectivity index (χ4v) is 2.37. The molecule has 1 amide bonds. The minimum Gasteiger partial charge on any atom is -0.467 e. The maximum absolute atomic E-state index is 13.3. The van der Waals surface area contributed by atoms with Crippen molar-refractivity contribution in [2.45, 2.75) is 44.8 Å². The third-order valence-electron chi connectivity index (χ3n) is 3.51. The first kappa shape index (κ1) is 20.0. The Morgan fingerprint density at radius 3 is 2.21 bits per heavy atom. The van der Waals surface area contributed by atoms with Gasteiger partial charge in [0, 0.05) is 6.42 Å². The van der Waals surface area contributed by atoms with Gasteiger partial charge in [0.25, 0.3) is 0 Å². The summed E-state index contributed by atoms with van der Waals surface area (Å²) in [4.78, 5) is 23.7. The average Bonchev–Trinajstić information content (AvgIpc) is 2.50. The van der Waals surface area contributed by atoms with E-state index >= 15 is 0 Å². The molecule has 0 fully saturated rings. The van der Waals surface area contributed by atoms with Crippen molar-refractivity contribution >= 4 is 11.9 Å². The highest BCUT2D eigenvalue weighted by atomic mass is 19.4. The van der Waals surface area contributed by atoms with Gasteiger partial charge in [0.15, 0.2) is 0 Å². The maximum atomic E-state index is 13.3. The minimum absolute atomic E-state index is 0.0126. The molecule has 7 heteroatoms. The van der Waals surface area contributed by atoms with E-state index in [1.807, 2.05) is 13.8 Å². The van der Waals surface area contributed by atoms with Crippen molar-refractivity contribution in [1.29, 1.82) is 0 Å². The van der Waals surface area contributed by atoms with Crippen molar-refractivity contribution in [2.75, 3.05) is 7.11 Å². The van der Waals surface area contributed by atoms with Crippen LogP contribution in [0.5, 0.6) is 0 Å². The minimum atomic E-state index is -4.56. The topological polar surface area (TPSA) is 55.4 Å². The number of alkyl halides is 3. The van der Waals surface area contributed by atoms with Gasteiger partial charge in [-0.2, -0.15) is 13.2 Å². The molecule has 0 aliphatic carbocycles. The van der Waals surface area contributed by atoms with Crippen LogP contribution >= 0.6 is 0 Å². The molecular weight excluding hydrogens is 323 g/mol. The lowest BCUT2D eigenvalue weighted by Gasteiger charge is -2.23. The van der Waals surface area contributed by atoms with Gasteiger partial charge in [0.05, 0.1) is 13.0 Å². The molecule has 1 aromatic rings. The number of rotatable bonds is 7. The number of carbonyl (C=O) groups excluding carboxylic acids is 2. The standard InChI is InChI=1S/C17H22F3NO3/c1-11(2)9-14(16(23)24-3)21-15(22)10-13(17(18,19)20)12-7-5-4-6-8-12/h4-8,11,13-14H,9-10H2,1-3H3,(H,21,22). The van der Waals surface area contributed by atoms with Crippen LogP contribution in [0.25, 0.3) is 0 Å². The van der Waals surface area contributed by atoms with Crippen LogP contribution in [0.3, 0.4) is 0 Å². The van der Waals surface area contributed by atoms with Crippen LogP contribution in [-0.2, 0) is 14.3 Å². The number of ether oxygens (including phenoxy) is 1. The third kappa shape index (κ3) is 6.22. The van der Waals surface area contributed by atoms with E-state index in [1.54, 1.807) is 6.07 Å². The van der Waals surface area contributed by atoms with E-state index < -0.39 is 36.4 Å².